The third kappa shape index (κ3) is 3.01. The number of rotatable bonds is 2. The normalized spacial score (nSPS) is 18.0. The number of phenols is 2. The predicted molar refractivity (Wildman–Crippen MR) is 97.1 cm³/mol. The molecule has 138 valence electrons. The first-order chi connectivity index (χ1) is 12.5. The zero-order valence-corrected chi connectivity index (χ0v) is 15.0. The number of nitrogens with zero attached hydrogens (tertiary/aromatic N) is 2. The number of carbonyl (C=O) groups excluding carboxylic acids is 1. The van der Waals surface area contributed by atoms with Gasteiger partial charge < -0.3 is 20.4 Å². The van der Waals surface area contributed by atoms with Gasteiger partial charge in [-0.05, 0) is 32.0 Å². The van der Waals surface area contributed by atoms with Crippen LogP contribution in [0.4, 0.5) is 0 Å². The summed E-state index contributed by atoms with van der Waals surface area (Å²) >= 11 is 6.00. The number of halogens is 1. The Morgan fingerprint density at radius 2 is 2.00 bits per heavy atom. The molecule has 0 unspecified atom stereocenters. The molecule has 0 saturated carbocycles. The summed E-state index contributed by atoms with van der Waals surface area (Å²) < 4.78 is 0. The Morgan fingerprint density at radius 3 is 2.77 bits per heavy atom. The molecule has 0 spiro atoms. The van der Waals surface area contributed by atoms with Crippen molar-refractivity contribution in [2.45, 2.75) is 25.8 Å². The van der Waals surface area contributed by atoms with Crippen LogP contribution >= 0.6 is 11.6 Å². The molecule has 4 N–H and O–H groups in total. The minimum atomic E-state index is -0.181. The number of amides is 1. The molecule has 2 aromatic rings. The first-order valence-corrected chi connectivity index (χ1v) is 9.20. The Balaban J connectivity index is 1.62. The number of phenolic OH excluding ortho intramolecular Hbond substituents is 2. The van der Waals surface area contributed by atoms with Crippen molar-refractivity contribution in [3.8, 4) is 22.8 Å². The van der Waals surface area contributed by atoms with Crippen LogP contribution in [0.5, 0.6) is 11.5 Å². The number of piperidine rings is 1. The number of carbonyl (C=O) groups is 1. The number of fused-ring (bicyclic) bond motifs is 1. The van der Waals surface area contributed by atoms with Gasteiger partial charge in [0.15, 0.2) is 0 Å². The molecule has 8 heteroatoms. The standard InChI is InChI=1S/C18H21ClN4O3/c19-13-7-11(15(24)8-16(13)25)17-12-9-23(6-3-14(12)21-22-17)18(26)10-1-4-20-5-2-10/h7-8,10,20,24-25H,1-6,9H2,(H,21,22). The lowest BCUT2D eigenvalue weighted by Crippen LogP contribution is -2.43. The fourth-order valence-corrected chi connectivity index (χ4v) is 3.94. The van der Waals surface area contributed by atoms with Gasteiger partial charge in [0.1, 0.15) is 17.2 Å². The lowest BCUT2D eigenvalue weighted by atomic mass is 9.94. The molecule has 1 aromatic heterocycles. The number of benzene rings is 1. The number of H-pyrrole nitrogens is 1. The number of aromatic nitrogens is 2. The molecule has 1 amide bonds. The number of aromatic amines is 1. The van der Waals surface area contributed by atoms with Gasteiger partial charge in [-0.25, -0.2) is 0 Å². The second-order valence-corrected chi connectivity index (χ2v) is 7.29. The maximum absolute atomic E-state index is 12.9. The molecular weight excluding hydrogens is 356 g/mol. The quantitative estimate of drug-likeness (QED) is 0.642. The zero-order valence-electron chi connectivity index (χ0n) is 14.3. The number of hydrogen-bond acceptors (Lipinski definition) is 5. The van der Waals surface area contributed by atoms with Gasteiger partial charge in [-0.15, -0.1) is 0 Å². The molecule has 7 nitrogen and oxygen atoms in total. The van der Waals surface area contributed by atoms with Crippen molar-refractivity contribution < 1.29 is 15.0 Å². The molecule has 0 radical (unpaired) electrons. The van der Waals surface area contributed by atoms with Gasteiger partial charge in [-0.2, -0.15) is 5.10 Å². The van der Waals surface area contributed by atoms with Crippen LogP contribution in [0.3, 0.4) is 0 Å². The number of hydrogen-bond donors (Lipinski definition) is 4. The van der Waals surface area contributed by atoms with E-state index in [2.05, 4.69) is 15.5 Å². The highest BCUT2D eigenvalue weighted by atomic mass is 35.5. The van der Waals surface area contributed by atoms with E-state index in [4.69, 9.17) is 11.6 Å². The average Bonchev–Trinajstić information content (AvgIpc) is 3.08. The SMILES string of the molecule is O=C(C1CCNCC1)N1CCc2[nH]nc(-c3cc(Cl)c(O)cc3O)c2C1. The highest BCUT2D eigenvalue weighted by Crippen LogP contribution is 2.39. The lowest BCUT2D eigenvalue weighted by molar-refractivity contribution is -0.137. The van der Waals surface area contributed by atoms with Crippen LogP contribution in [-0.4, -0.2) is 50.9 Å². The minimum Gasteiger partial charge on any atom is -0.507 e. The van der Waals surface area contributed by atoms with Gasteiger partial charge in [0, 0.05) is 48.3 Å². The maximum Gasteiger partial charge on any atom is 0.226 e. The Morgan fingerprint density at radius 1 is 1.23 bits per heavy atom. The molecule has 1 saturated heterocycles. The molecule has 3 heterocycles. The Hall–Kier alpha value is -2.25. The molecule has 26 heavy (non-hydrogen) atoms. The second kappa shape index (κ2) is 6.81. The van der Waals surface area contributed by atoms with Crippen LogP contribution in [0.25, 0.3) is 11.3 Å². The monoisotopic (exact) mass is 376 g/mol. The summed E-state index contributed by atoms with van der Waals surface area (Å²) in [4.78, 5) is 14.7. The fourth-order valence-electron chi connectivity index (χ4n) is 3.77. The summed E-state index contributed by atoms with van der Waals surface area (Å²) in [5, 5.41) is 30.6. The minimum absolute atomic E-state index is 0.0738. The third-order valence-electron chi connectivity index (χ3n) is 5.25. The molecule has 0 bridgehead atoms. The summed E-state index contributed by atoms with van der Waals surface area (Å²) in [6.07, 6.45) is 2.44. The Bertz CT molecular complexity index is 845. The summed E-state index contributed by atoms with van der Waals surface area (Å²) in [6.45, 7) is 2.89. The first-order valence-electron chi connectivity index (χ1n) is 8.82. The van der Waals surface area contributed by atoms with E-state index in [1.807, 2.05) is 4.90 Å². The molecule has 2 aliphatic heterocycles. The molecule has 0 atom stereocenters. The van der Waals surface area contributed by atoms with Crippen molar-refractivity contribution in [2.75, 3.05) is 19.6 Å². The van der Waals surface area contributed by atoms with Crippen molar-refractivity contribution in [2.24, 2.45) is 5.92 Å². The van der Waals surface area contributed by atoms with Crippen molar-refractivity contribution in [3.63, 3.8) is 0 Å². The van der Waals surface area contributed by atoms with Crippen molar-refractivity contribution in [1.29, 1.82) is 0 Å². The number of nitrogens with one attached hydrogen (secondary N) is 2. The largest absolute Gasteiger partial charge is 0.507 e. The first kappa shape index (κ1) is 17.2. The molecule has 1 fully saturated rings. The topological polar surface area (TPSA) is 101 Å². The van der Waals surface area contributed by atoms with Gasteiger partial charge >= 0.3 is 0 Å². The summed E-state index contributed by atoms with van der Waals surface area (Å²) in [5.74, 6) is -0.00929. The summed E-state index contributed by atoms with van der Waals surface area (Å²) in [5.41, 5.74) is 2.89. The van der Waals surface area contributed by atoms with Gasteiger partial charge in [0.05, 0.1) is 5.02 Å². The van der Waals surface area contributed by atoms with E-state index in [0.717, 1.165) is 37.2 Å². The maximum atomic E-state index is 12.9. The van der Waals surface area contributed by atoms with Crippen LogP contribution in [0.15, 0.2) is 12.1 Å². The average molecular weight is 377 g/mol. The Kier molecular flexibility index (Phi) is 4.50. The van der Waals surface area contributed by atoms with Crippen molar-refractivity contribution >= 4 is 17.5 Å². The van der Waals surface area contributed by atoms with Crippen molar-refractivity contribution in [1.82, 2.24) is 20.4 Å². The van der Waals surface area contributed by atoms with E-state index >= 15 is 0 Å². The second-order valence-electron chi connectivity index (χ2n) is 6.88. The van der Waals surface area contributed by atoms with E-state index in [0.29, 0.717) is 30.8 Å². The molecule has 0 aliphatic carbocycles. The van der Waals surface area contributed by atoms with Crippen LogP contribution < -0.4 is 5.32 Å². The molecule has 1 aromatic carbocycles. The molecular formula is C18H21ClN4O3. The van der Waals surface area contributed by atoms with Crippen LogP contribution in [0, 0.1) is 5.92 Å². The number of aromatic hydroxyl groups is 2. The van der Waals surface area contributed by atoms with Gasteiger partial charge in [0.2, 0.25) is 5.91 Å². The highest BCUT2D eigenvalue weighted by molar-refractivity contribution is 6.32. The summed E-state index contributed by atoms with van der Waals surface area (Å²) in [6, 6.07) is 2.70. The lowest BCUT2D eigenvalue weighted by Gasteiger charge is -2.32. The van der Waals surface area contributed by atoms with Gasteiger partial charge in [0.25, 0.3) is 0 Å². The summed E-state index contributed by atoms with van der Waals surface area (Å²) in [7, 11) is 0. The van der Waals surface area contributed by atoms with E-state index < -0.39 is 0 Å². The predicted octanol–water partition coefficient (Wildman–Crippen LogP) is 2.03. The zero-order chi connectivity index (χ0) is 18.3. The smallest absolute Gasteiger partial charge is 0.226 e. The van der Waals surface area contributed by atoms with E-state index in [1.54, 1.807) is 0 Å². The van der Waals surface area contributed by atoms with Crippen LogP contribution in [0.1, 0.15) is 24.1 Å². The van der Waals surface area contributed by atoms with Crippen LogP contribution in [-0.2, 0) is 17.8 Å². The van der Waals surface area contributed by atoms with Crippen LogP contribution in [0.2, 0.25) is 5.02 Å². The molecule has 4 rings (SSSR count). The van der Waals surface area contributed by atoms with Gasteiger partial charge in [-0.3, -0.25) is 9.89 Å². The van der Waals surface area contributed by atoms with E-state index in [1.165, 1.54) is 12.1 Å². The van der Waals surface area contributed by atoms with Crippen molar-refractivity contribution in [3.05, 3.63) is 28.4 Å². The fraction of sp³-hybridized carbons (Fsp3) is 0.444. The van der Waals surface area contributed by atoms with E-state index in [-0.39, 0.29) is 28.3 Å². The van der Waals surface area contributed by atoms with Gasteiger partial charge in [-0.1, -0.05) is 11.6 Å². The molecule has 2 aliphatic rings. The highest BCUT2D eigenvalue weighted by Gasteiger charge is 2.31. The Labute approximate surface area is 156 Å². The third-order valence-corrected chi connectivity index (χ3v) is 5.56. The van der Waals surface area contributed by atoms with E-state index in [9.17, 15) is 15.0 Å².